The first-order valence-corrected chi connectivity index (χ1v) is 7.33. The maximum atomic E-state index is 13.2. The molecular formula is C15H10F3N3OS. The average molecular weight is 337 g/mol. The van der Waals surface area contributed by atoms with E-state index < -0.39 is 11.7 Å². The van der Waals surface area contributed by atoms with Crippen molar-refractivity contribution in [2.45, 2.75) is 13.1 Å². The van der Waals surface area contributed by atoms with Crippen molar-refractivity contribution in [1.29, 1.82) is 0 Å². The van der Waals surface area contributed by atoms with Gasteiger partial charge in [0.15, 0.2) is 5.78 Å². The minimum atomic E-state index is -4.53. The topological polar surface area (TPSA) is 68.9 Å². The Hall–Kier alpha value is -2.48. The molecule has 0 saturated carbocycles. The van der Waals surface area contributed by atoms with Crippen molar-refractivity contribution in [2.24, 2.45) is 0 Å². The van der Waals surface area contributed by atoms with E-state index in [2.05, 4.69) is 9.97 Å². The Kier molecular flexibility index (Phi) is 3.56. The zero-order chi connectivity index (χ0) is 16.8. The summed E-state index contributed by atoms with van der Waals surface area (Å²) < 4.78 is 39.7. The second-order valence-corrected chi connectivity index (χ2v) is 5.89. The summed E-state index contributed by atoms with van der Waals surface area (Å²) in [5.41, 5.74) is 4.80. The molecule has 0 aliphatic rings. The molecule has 0 bridgehead atoms. The lowest BCUT2D eigenvalue weighted by Crippen LogP contribution is -2.08. The van der Waals surface area contributed by atoms with E-state index in [1.165, 1.54) is 31.2 Å². The smallest absolute Gasteiger partial charge is 0.368 e. The summed E-state index contributed by atoms with van der Waals surface area (Å²) in [5, 5.41) is 0.381. The van der Waals surface area contributed by atoms with E-state index in [1.54, 1.807) is 0 Å². The molecule has 0 fully saturated rings. The van der Waals surface area contributed by atoms with Crippen LogP contribution in [-0.2, 0) is 6.18 Å². The Morgan fingerprint density at radius 3 is 2.57 bits per heavy atom. The highest BCUT2D eigenvalue weighted by Crippen LogP contribution is 2.40. The number of carbonyl (C=O) groups is 1. The number of halogens is 3. The molecule has 8 heteroatoms. The van der Waals surface area contributed by atoms with Crippen LogP contribution >= 0.6 is 11.3 Å². The van der Waals surface area contributed by atoms with Gasteiger partial charge in [0.05, 0.1) is 16.1 Å². The molecule has 0 amide bonds. The highest BCUT2D eigenvalue weighted by atomic mass is 32.1. The van der Waals surface area contributed by atoms with E-state index in [9.17, 15) is 18.0 Å². The zero-order valence-electron chi connectivity index (χ0n) is 11.8. The predicted octanol–water partition coefficient (Wildman–Crippen LogP) is 4.16. The maximum absolute atomic E-state index is 13.2. The third-order valence-electron chi connectivity index (χ3n) is 3.24. The van der Waals surface area contributed by atoms with Crippen molar-refractivity contribution in [2.75, 3.05) is 5.73 Å². The third-order valence-corrected chi connectivity index (χ3v) is 4.37. The number of alkyl halides is 3. The van der Waals surface area contributed by atoms with Gasteiger partial charge >= 0.3 is 6.18 Å². The molecule has 0 aliphatic heterocycles. The van der Waals surface area contributed by atoms with E-state index in [-0.39, 0.29) is 23.0 Å². The van der Waals surface area contributed by atoms with Crippen LogP contribution in [0.4, 0.5) is 19.1 Å². The van der Waals surface area contributed by atoms with Crippen molar-refractivity contribution in [1.82, 2.24) is 9.97 Å². The summed E-state index contributed by atoms with van der Waals surface area (Å²) in [4.78, 5) is 20.3. The fourth-order valence-electron chi connectivity index (χ4n) is 2.25. The lowest BCUT2D eigenvalue weighted by Gasteiger charge is -2.13. The molecule has 0 radical (unpaired) electrons. The van der Waals surface area contributed by atoms with E-state index in [4.69, 9.17) is 5.73 Å². The van der Waals surface area contributed by atoms with Gasteiger partial charge in [0.25, 0.3) is 0 Å². The number of benzene rings is 1. The second-order valence-electron chi connectivity index (χ2n) is 4.86. The molecule has 2 heterocycles. The van der Waals surface area contributed by atoms with Crippen LogP contribution in [-0.4, -0.2) is 15.8 Å². The lowest BCUT2D eigenvalue weighted by atomic mass is 10.0. The summed E-state index contributed by atoms with van der Waals surface area (Å²) in [6.07, 6.45) is -4.53. The monoisotopic (exact) mass is 337 g/mol. The van der Waals surface area contributed by atoms with Crippen molar-refractivity contribution in [3.8, 4) is 11.3 Å². The number of thiophene rings is 1. The molecule has 0 spiro atoms. The van der Waals surface area contributed by atoms with Crippen LogP contribution in [0.2, 0.25) is 0 Å². The molecule has 0 atom stereocenters. The van der Waals surface area contributed by atoms with Crippen LogP contribution < -0.4 is 5.73 Å². The highest BCUT2D eigenvalue weighted by Gasteiger charge is 2.34. The van der Waals surface area contributed by atoms with Crippen LogP contribution in [0.5, 0.6) is 0 Å². The number of carbonyl (C=O) groups excluding carboxylic acids is 1. The number of fused-ring (bicyclic) bond motifs is 1. The molecule has 0 saturated heterocycles. The van der Waals surface area contributed by atoms with Gasteiger partial charge in [-0.25, -0.2) is 9.97 Å². The molecule has 4 nitrogen and oxygen atoms in total. The SMILES string of the molecule is CC(=O)c1cc2c(-c3ccccc3C(F)(F)F)nc(N)nc2s1. The highest BCUT2D eigenvalue weighted by molar-refractivity contribution is 7.20. The first-order chi connectivity index (χ1) is 10.8. The molecule has 2 aromatic heterocycles. The molecule has 23 heavy (non-hydrogen) atoms. The number of nitrogens with zero attached hydrogens (tertiary/aromatic N) is 2. The summed E-state index contributed by atoms with van der Waals surface area (Å²) in [5.74, 6) is -0.331. The quantitative estimate of drug-likeness (QED) is 0.713. The molecule has 1 aromatic carbocycles. The van der Waals surface area contributed by atoms with Gasteiger partial charge in [0.2, 0.25) is 5.95 Å². The summed E-state index contributed by atoms with van der Waals surface area (Å²) in [6.45, 7) is 1.38. The summed E-state index contributed by atoms with van der Waals surface area (Å²) >= 11 is 1.08. The lowest BCUT2D eigenvalue weighted by molar-refractivity contribution is -0.137. The molecule has 118 valence electrons. The molecular weight excluding hydrogens is 327 g/mol. The number of Topliss-reactive ketones (excluding diaryl/α,β-unsaturated/α-hetero) is 1. The fourth-order valence-corrected chi connectivity index (χ4v) is 3.19. The second kappa shape index (κ2) is 5.31. The molecule has 3 rings (SSSR count). The number of nitrogen functional groups attached to an aromatic ring is 1. The molecule has 2 N–H and O–H groups in total. The Morgan fingerprint density at radius 1 is 1.22 bits per heavy atom. The van der Waals surface area contributed by atoms with Gasteiger partial charge in [-0.15, -0.1) is 11.3 Å². The van der Waals surface area contributed by atoms with Gasteiger partial charge in [0.1, 0.15) is 4.83 Å². The first-order valence-electron chi connectivity index (χ1n) is 6.52. The number of anilines is 1. The standard InChI is InChI=1S/C15H10F3N3OS/c1-7(22)11-6-9-12(20-14(19)21-13(9)23-11)8-4-2-3-5-10(8)15(16,17)18/h2-6H,1H3,(H2,19,20,21). The molecule has 0 aliphatic carbocycles. The van der Waals surface area contributed by atoms with Crippen molar-refractivity contribution >= 4 is 33.3 Å². The van der Waals surface area contributed by atoms with Gasteiger partial charge < -0.3 is 5.73 Å². The summed E-state index contributed by atoms with van der Waals surface area (Å²) in [7, 11) is 0. The van der Waals surface area contributed by atoms with Gasteiger partial charge in [0, 0.05) is 10.9 Å². The van der Waals surface area contributed by atoms with Gasteiger partial charge in [-0.1, -0.05) is 18.2 Å². The van der Waals surface area contributed by atoms with Crippen LogP contribution in [0, 0.1) is 0 Å². The normalized spacial score (nSPS) is 11.8. The van der Waals surface area contributed by atoms with E-state index in [0.29, 0.717) is 15.1 Å². The van der Waals surface area contributed by atoms with E-state index >= 15 is 0 Å². The number of nitrogens with two attached hydrogens (primary N) is 1. The van der Waals surface area contributed by atoms with Gasteiger partial charge in [-0.05, 0) is 19.1 Å². The van der Waals surface area contributed by atoms with Crippen LogP contribution in [0.15, 0.2) is 30.3 Å². The molecule has 3 aromatic rings. The Bertz CT molecular complexity index is 918. The number of hydrogen-bond acceptors (Lipinski definition) is 5. The van der Waals surface area contributed by atoms with Crippen molar-refractivity contribution in [3.63, 3.8) is 0 Å². The number of hydrogen-bond donors (Lipinski definition) is 1. The number of aromatic nitrogens is 2. The Labute approximate surface area is 132 Å². The van der Waals surface area contributed by atoms with Crippen LogP contribution in [0.25, 0.3) is 21.5 Å². The van der Waals surface area contributed by atoms with Crippen LogP contribution in [0.1, 0.15) is 22.2 Å². The van der Waals surface area contributed by atoms with E-state index in [0.717, 1.165) is 17.4 Å². The zero-order valence-corrected chi connectivity index (χ0v) is 12.6. The average Bonchev–Trinajstić information content (AvgIpc) is 2.89. The predicted molar refractivity (Wildman–Crippen MR) is 82.3 cm³/mol. The minimum Gasteiger partial charge on any atom is -0.368 e. The van der Waals surface area contributed by atoms with Gasteiger partial charge in [-0.2, -0.15) is 13.2 Å². The fraction of sp³-hybridized carbons (Fsp3) is 0.133. The van der Waals surface area contributed by atoms with Crippen LogP contribution in [0.3, 0.4) is 0 Å². The van der Waals surface area contributed by atoms with Crippen molar-refractivity contribution < 1.29 is 18.0 Å². The third kappa shape index (κ3) is 2.77. The van der Waals surface area contributed by atoms with E-state index in [1.807, 2.05) is 0 Å². The van der Waals surface area contributed by atoms with Gasteiger partial charge in [-0.3, -0.25) is 4.79 Å². The van der Waals surface area contributed by atoms with Crippen molar-refractivity contribution in [3.05, 3.63) is 40.8 Å². The number of rotatable bonds is 2. The largest absolute Gasteiger partial charge is 0.417 e. The Balaban J connectivity index is 2.35. The number of ketones is 1. The Morgan fingerprint density at radius 2 is 1.91 bits per heavy atom. The first kappa shape index (κ1) is 15.4. The minimum absolute atomic E-state index is 0.0733. The molecule has 0 unspecified atom stereocenters. The summed E-state index contributed by atoms with van der Waals surface area (Å²) in [6, 6.07) is 6.62. The maximum Gasteiger partial charge on any atom is 0.417 e.